The Hall–Kier alpha value is 1.16. The van der Waals surface area contributed by atoms with Crippen molar-refractivity contribution >= 4 is 31.7 Å². The number of rotatable bonds is 6. The molecule has 0 rings (SSSR count). The van der Waals surface area contributed by atoms with Crippen LogP contribution in [0.15, 0.2) is 0 Å². The standard InChI is InChI=1S/C8H18ClO2PSe/c1-7(2)5-10-12(9,13)11-6-8(3)4/h7-8H,5-6H2,1-4H3. The van der Waals surface area contributed by atoms with Gasteiger partial charge in [-0.2, -0.15) is 0 Å². The second kappa shape index (κ2) is 6.61. The fraction of sp³-hybridized carbons (Fsp3) is 1.00. The van der Waals surface area contributed by atoms with E-state index in [1.807, 2.05) is 0 Å². The van der Waals surface area contributed by atoms with Gasteiger partial charge in [-0.15, -0.1) is 0 Å². The van der Waals surface area contributed by atoms with Gasteiger partial charge in [-0.1, -0.05) is 0 Å². The molecule has 2 nitrogen and oxygen atoms in total. The Bertz CT molecular complexity index is 169. The van der Waals surface area contributed by atoms with E-state index in [0.29, 0.717) is 25.0 Å². The van der Waals surface area contributed by atoms with Gasteiger partial charge in [0, 0.05) is 0 Å². The molecule has 0 aliphatic carbocycles. The van der Waals surface area contributed by atoms with Crippen molar-refractivity contribution in [3.05, 3.63) is 0 Å². The van der Waals surface area contributed by atoms with Gasteiger partial charge in [0.05, 0.1) is 0 Å². The predicted molar refractivity (Wildman–Crippen MR) is 60.1 cm³/mol. The average molecular weight is 292 g/mol. The summed E-state index contributed by atoms with van der Waals surface area (Å²) >= 11 is 8.83. The number of halogens is 1. The third-order valence-electron chi connectivity index (χ3n) is 1.12. The van der Waals surface area contributed by atoms with Gasteiger partial charge in [-0.05, 0) is 0 Å². The molecule has 0 aliphatic heterocycles. The van der Waals surface area contributed by atoms with Crippen LogP contribution in [-0.2, 0) is 9.05 Å². The zero-order chi connectivity index (χ0) is 10.5. The Balaban J connectivity index is 3.74. The van der Waals surface area contributed by atoms with Crippen molar-refractivity contribution in [2.75, 3.05) is 13.2 Å². The van der Waals surface area contributed by atoms with Crippen LogP contribution < -0.4 is 0 Å². The Kier molecular flexibility index (Phi) is 7.20. The van der Waals surface area contributed by atoms with Gasteiger partial charge >= 0.3 is 93.4 Å². The van der Waals surface area contributed by atoms with E-state index in [1.165, 1.54) is 0 Å². The molecule has 5 heteroatoms. The van der Waals surface area contributed by atoms with Crippen LogP contribution in [0.5, 0.6) is 0 Å². The van der Waals surface area contributed by atoms with E-state index >= 15 is 0 Å². The second-order valence-corrected chi connectivity index (χ2v) is 10.9. The number of hydrogen-bond acceptors (Lipinski definition) is 2. The first kappa shape index (κ1) is 14.2. The van der Waals surface area contributed by atoms with Crippen molar-refractivity contribution < 1.29 is 9.05 Å². The van der Waals surface area contributed by atoms with Gasteiger partial charge in [-0.25, -0.2) is 0 Å². The molecule has 0 saturated carbocycles. The molecule has 0 amide bonds. The Morgan fingerprint density at radius 3 is 1.62 bits per heavy atom. The minimum atomic E-state index is -2.20. The van der Waals surface area contributed by atoms with Crippen molar-refractivity contribution in [1.29, 1.82) is 0 Å². The van der Waals surface area contributed by atoms with Gasteiger partial charge in [0.1, 0.15) is 0 Å². The summed E-state index contributed by atoms with van der Waals surface area (Å²) in [4.78, 5) is 0. The molecule has 0 fully saturated rings. The first-order valence-electron chi connectivity index (χ1n) is 4.42. The van der Waals surface area contributed by atoms with Crippen LogP contribution in [0.2, 0.25) is 0 Å². The van der Waals surface area contributed by atoms with Crippen LogP contribution in [0.25, 0.3) is 0 Å². The second-order valence-electron chi connectivity index (χ2n) is 3.81. The molecule has 0 unspecified atom stereocenters. The molecule has 0 atom stereocenters. The monoisotopic (exact) mass is 292 g/mol. The van der Waals surface area contributed by atoms with Gasteiger partial charge < -0.3 is 0 Å². The number of hydrogen-bond donors (Lipinski definition) is 0. The van der Waals surface area contributed by atoms with Crippen molar-refractivity contribution in [3.8, 4) is 0 Å². The molecule has 0 N–H and O–H groups in total. The third-order valence-corrected chi connectivity index (χ3v) is 3.95. The average Bonchev–Trinajstić information content (AvgIpc) is 1.98. The first-order chi connectivity index (χ1) is 5.83. The summed E-state index contributed by atoms with van der Waals surface area (Å²) in [5, 5.41) is -2.20. The van der Waals surface area contributed by atoms with E-state index in [-0.39, 0.29) is 0 Å². The fourth-order valence-electron chi connectivity index (χ4n) is 0.513. The van der Waals surface area contributed by atoms with E-state index in [1.54, 1.807) is 0 Å². The molecule has 0 aliphatic rings. The zero-order valence-corrected chi connectivity index (χ0v) is 12.0. The van der Waals surface area contributed by atoms with Crippen LogP contribution in [0.3, 0.4) is 0 Å². The molecule has 0 bridgehead atoms. The van der Waals surface area contributed by atoms with E-state index in [2.05, 4.69) is 42.8 Å². The molecule has 13 heavy (non-hydrogen) atoms. The summed E-state index contributed by atoms with van der Waals surface area (Å²) < 4.78 is 10.9. The topological polar surface area (TPSA) is 18.5 Å². The molecule has 80 valence electrons. The van der Waals surface area contributed by atoms with Gasteiger partial charge in [0.2, 0.25) is 0 Å². The van der Waals surface area contributed by atoms with Crippen molar-refractivity contribution in [2.45, 2.75) is 27.7 Å². The Labute approximate surface area is 93.5 Å². The minimum absolute atomic E-state index is 0.481. The van der Waals surface area contributed by atoms with Crippen LogP contribution >= 0.6 is 16.6 Å². The van der Waals surface area contributed by atoms with E-state index < -0.39 is 5.32 Å². The van der Waals surface area contributed by atoms with Crippen LogP contribution in [0, 0.1) is 11.8 Å². The molecule has 0 spiro atoms. The Morgan fingerprint density at radius 1 is 1.08 bits per heavy atom. The normalized spacial score (nSPS) is 12.8. The van der Waals surface area contributed by atoms with E-state index in [9.17, 15) is 0 Å². The Morgan fingerprint density at radius 2 is 1.38 bits per heavy atom. The summed E-state index contributed by atoms with van der Waals surface area (Å²) in [6.45, 7) is 9.61. The first-order valence-corrected chi connectivity index (χ1v) is 9.17. The summed E-state index contributed by atoms with van der Waals surface area (Å²) in [7, 11) is 0. The maximum absolute atomic E-state index is 6.04. The maximum atomic E-state index is 6.04. The fourth-order valence-corrected chi connectivity index (χ4v) is 2.64. The molecule has 0 aromatic rings. The van der Waals surface area contributed by atoms with Gasteiger partial charge in [0.15, 0.2) is 0 Å². The molecular weight excluding hydrogens is 273 g/mol. The third kappa shape index (κ3) is 9.46. The van der Waals surface area contributed by atoms with Crippen LogP contribution in [0.1, 0.15) is 27.7 Å². The van der Waals surface area contributed by atoms with Crippen molar-refractivity contribution in [2.24, 2.45) is 11.8 Å². The summed E-state index contributed by atoms with van der Waals surface area (Å²) in [6, 6.07) is 0. The molecule has 0 heterocycles. The predicted octanol–water partition coefficient (Wildman–Crippen LogP) is 3.42. The van der Waals surface area contributed by atoms with Crippen molar-refractivity contribution in [3.63, 3.8) is 0 Å². The van der Waals surface area contributed by atoms with E-state index in [4.69, 9.17) is 20.3 Å². The molecule has 0 saturated heterocycles. The molecule has 0 aromatic heterocycles. The molecular formula is C8H18ClO2PSe. The van der Waals surface area contributed by atoms with Crippen LogP contribution in [0.4, 0.5) is 0 Å². The summed E-state index contributed by atoms with van der Waals surface area (Å²) in [5.41, 5.74) is 0. The SMILES string of the molecule is CC(C)COP(Cl)(=[Se])OCC(C)C. The molecule has 0 radical (unpaired) electrons. The van der Waals surface area contributed by atoms with E-state index in [0.717, 1.165) is 0 Å². The quantitative estimate of drug-likeness (QED) is 0.551. The summed E-state index contributed by atoms with van der Waals surface area (Å²) in [5.74, 6) is 0.961. The molecule has 0 aromatic carbocycles. The summed E-state index contributed by atoms with van der Waals surface area (Å²) in [6.07, 6.45) is 0. The van der Waals surface area contributed by atoms with Crippen LogP contribution in [-0.4, -0.2) is 28.3 Å². The van der Waals surface area contributed by atoms with Gasteiger partial charge in [-0.3, -0.25) is 0 Å². The zero-order valence-electron chi connectivity index (χ0n) is 8.62. The van der Waals surface area contributed by atoms with Gasteiger partial charge in [0.25, 0.3) is 0 Å². The van der Waals surface area contributed by atoms with Crippen molar-refractivity contribution in [1.82, 2.24) is 0 Å².